The fraction of sp³-hybridized carbons (Fsp3) is 0.286. The smallest absolute Gasteiger partial charge is 0.357 e. The fourth-order valence-corrected chi connectivity index (χ4v) is 3.87. The molecule has 1 aliphatic heterocycles. The third-order valence-electron chi connectivity index (χ3n) is 4.81. The number of carbonyl (C=O) groups excluding carboxylic acids is 1. The SMILES string of the molecule is CCOC(=O)c1c(N2CCOCC2)c2c(Cl)c(F)ccc2n1-c1ccccc1. The van der Waals surface area contributed by atoms with Crippen molar-refractivity contribution in [1.29, 1.82) is 0 Å². The Morgan fingerprint density at radius 3 is 2.57 bits per heavy atom. The Morgan fingerprint density at radius 1 is 1.18 bits per heavy atom. The van der Waals surface area contributed by atoms with Crippen molar-refractivity contribution in [1.82, 2.24) is 4.57 Å². The van der Waals surface area contributed by atoms with Gasteiger partial charge in [0.15, 0.2) is 5.69 Å². The number of ether oxygens (including phenoxy) is 2. The van der Waals surface area contributed by atoms with Crippen LogP contribution >= 0.6 is 11.6 Å². The van der Waals surface area contributed by atoms with E-state index in [0.29, 0.717) is 48.6 Å². The monoisotopic (exact) mass is 402 g/mol. The Balaban J connectivity index is 2.10. The molecule has 0 aliphatic carbocycles. The van der Waals surface area contributed by atoms with E-state index in [0.717, 1.165) is 5.69 Å². The maximum absolute atomic E-state index is 14.4. The van der Waals surface area contributed by atoms with Crippen LogP contribution in [0.4, 0.5) is 10.1 Å². The molecule has 4 rings (SSSR count). The largest absolute Gasteiger partial charge is 0.461 e. The number of halogens is 2. The average molecular weight is 403 g/mol. The molecule has 0 N–H and O–H groups in total. The molecule has 1 aromatic heterocycles. The fourth-order valence-electron chi connectivity index (χ4n) is 3.62. The topological polar surface area (TPSA) is 43.7 Å². The Bertz CT molecular complexity index is 1010. The van der Waals surface area contributed by atoms with E-state index in [1.165, 1.54) is 6.07 Å². The highest BCUT2D eigenvalue weighted by atomic mass is 35.5. The number of nitrogens with zero attached hydrogens (tertiary/aromatic N) is 2. The van der Waals surface area contributed by atoms with Gasteiger partial charge < -0.3 is 18.9 Å². The first kappa shape index (κ1) is 18.8. The highest BCUT2D eigenvalue weighted by molar-refractivity contribution is 6.37. The van der Waals surface area contributed by atoms with Crippen molar-refractivity contribution in [3.05, 3.63) is 59.0 Å². The summed E-state index contributed by atoms with van der Waals surface area (Å²) in [7, 11) is 0. The van der Waals surface area contributed by atoms with Gasteiger partial charge in [-0.05, 0) is 31.2 Å². The summed E-state index contributed by atoms with van der Waals surface area (Å²) in [5.74, 6) is -0.996. The van der Waals surface area contributed by atoms with Crippen molar-refractivity contribution in [2.75, 3.05) is 37.8 Å². The molecular weight excluding hydrogens is 383 g/mol. The van der Waals surface area contributed by atoms with Crippen molar-refractivity contribution in [2.45, 2.75) is 6.92 Å². The zero-order valence-corrected chi connectivity index (χ0v) is 16.2. The van der Waals surface area contributed by atoms with Crippen LogP contribution in [0.25, 0.3) is 16.6 Å². The number of benzene rings is 2. The molecule has 5 nitrogen and oxygen atoms in total. The number of fused-ring (bicyclic) bond motifs is 1. The van der Waals surface area contributed by atoms with Crippen LogP contribution in [0.1, 0.15) is 17.4 Å². The summed E-state index contributed by atoms with van der Waals surface area (Å²) in [4.78, 5) is 15.0. The van der Waals surface area contributed by atoms with Crippen molar-refractivity contribution in [3.8, 4) is 5.69 Å². The molecule has 7 heteroatoms. The molecule has 1 fully saturated rings. The molecule has 0 amide bonds. The molecule has 1 saturated heterocycles. The minimum Gasteiger partial charge on any atom is -0.461 e. The molecule has 2 heterocycles. The van der Waals surface area contributed by atoms with Gasteiger partial charge in [0.05, 0.1) is 36.0 Å². The predicted octanol–water partition coefficient (Wildman–Crippen LogP) is 4.44. The Hall–Kier alpha value is -2.57. The first-order chi connectivity index (χ1) is 13.6. The van der Waals surface area contributed by atoms with Crippen molar-refractivity contribution in [2.24, 2.45) is 0 Å². The number of anilines is 1. The van der Waals surface area contributed by atoms with Crippen LogP contribution < -0.4 is 4.90 Å². The van der Waals surface area contributed by atoms with Gasteiger partial charge in [0.25, 0.3) is 0 Å². The van der Waals surface area contributed by atoms with E-state index < -0.39 is 11.8 Å². The van der Waals surface area contributed by atoms with Crippen LogP contribution in [-0.4, -0.2) is 43.4 Å². The first-order valence-electron chi connectivity index (χ1n) is 9.21. The van der Waals surface area contributed by atoms with E-state index in [1.807, 2.05) is 35.2 Å². The normalized spacial score (nSPS) is 14.5. The van der Waals surface area contributed by atoms with E-state index in [-0.39, 0.29) is 11.6 Å². The van der Waals surface area contributed by atoms with Crippen LogP contribution in [0.3, 0.4) is 0 Å². The lowest BCUT2D eigenvalue weighted by atomic mass is 10.2. The van der Waals surface area contributed by atoms with Gasteiger partial charge in [-0.1, -0.05) is 29.8 Å². The highest BCUT2D eigenvalue weighted by Gasteiger charge is 2.31. The van der Waals surface area contributed by atoms with Gasteiger partial charge in [-0.15, -0.1) is 0 Å². The number of rotatable bonds is 4. The number of hydrogen-bond donors (Lipinski definition) is 0. The molecule has 28 heavy (non-hydrogen) atoms. The lowest BCUT2D eigenvalue weighted by Gasteiger charge is -2.29. The summed E-state index contributed by atoms with van der Waals surface area (Å²) in [6, 6.07) is 12.4. The molecule has 0 spiro atoms. The Labute approximate surface area is 167 Å². The van der Waals surface area contributed by atoms with Gasteiger partial charge >= 0.3 is 5.97 Å². The van der Waals surface area contributed by atoms with E-state index in [9.17, 15) is 9.18 Å². The predicted molar refractivity (Wildman–Crippen MR) is 107 cm³/mol. The Morgan fingerprint density at radius 2 is 1.89 bits per heavy atom. The summed E-state index contributed by atoms with van der Waals surface area (Å²) >= 11 is 6.41. The lowest BCUT2D eigenvalue weighted by molar-refractivity contribution is 0.0517. The van der Waals surface area contributed by atoms with Gasteiger partial charge in [-0.3, -0.25) is 0 Å². The van der Waals surface area contributed by atoms with E-state index >= 15 is 0 Å². The molecular formula is C21H20ClFN2O3. The second-order valence-electron chi connectivity index (χ2n) is 6.44. The Kier molecular flexibility index (Phi) is 5.24. The molecule has 0 saturated carbocycles. The van der Waals surface area contributed by atoms with Crippen LogP contribution in [0.5, 0.6) is 0 Å². The highest BCUT2D eigenvalue weighted by Crippen LogP contribution is 2.42. The van der Waals surface area contributed by atoms with Gasteiger partial charge in [0, 0.05) is 24.2 Å². The third-order valence-corrected chi connectivity index (χ3v) is 5.18. The van der Waals surface area contributed by atoms with Crippen molar-refractivity contribution >= 4 is 34.2 Å². The lowest BCUT2D eigenvalue weighted by Crippen LogP contribution is -2.37. The summed E-state index contributed by atoms with van der Waals surface area (Å²) in [5, 5.41) is 0.509. The first-order valence-corrected chi connectivity index (χ1v) is 9.59. The maximum atomic E-state index is 14.4. The van der Waals surface area contributed by atoms with Crippen molar-refractivity contribution < 1.29 is 18.7 Å². The molecule has 0 radical (unpaired) electrons. The van der Waals surface area contributed by atoms with E-state index in [2.05, 4.69) is 0 Å². The molecule has 2 aromatic carbocycles. The van der Waals surface area contributed by atoms with Gasteiger partial charge in [-0.25, -0.2) is 9.18 Å². The second-order valence-corrected chi connectivity index (χ2v) is 6.82. The summed E-state index contributed by atoms with van der Waals surface area (Å²) in [5.41, 5.74) is 2.36. The quantitative estimate of drug-likeness (QED) is 0.605. The number of morpholine rings is 1. The minimum atomic E-state index is -0.524. The number of para-hydroxylation sites is 1. The van der Waals surface area contributed by atoms with Crippen LogP contribution in [-0.2, 0) is 9.47 Å². The number of esters is 1. The summed E-state index contributed by atoms with van der Waals surface area (Å²) < 4.78 is 27.0. The molecule has 0 unspecified atom stereocenters. The van der Waals surface area contributed by atoms with Gasteiger partial charge in [0.1, 0.15) is 5.82 Å². The molecule has 0 atom stereocenters. The average Bonchev–Trinajstić information content (AvgIpc) is 3.08. The van der Waals surface area contributed by atoms with E-state index in [4.69, 9.17) is 21.1 Å². The molecule has 3 aromatic rings. The summed E-state index contributed by atoms with van der Waals surface area (Å²) in [6.07, 6.45) is 0. The second kappa shape index (κ2) is 7.81. The van der Waals surface area contributed by atoms with Gasteiger partial charge in [-0.2, -0.15) is 0 Å². The van der Waals surface area contributed by atoms with Gasteiger partial charge in [0.2, 0.25) is 0 Å². The number of hydrogen-bond acceptors (Lipinski definition) is 4. The number of carbonyl (C=O) groups is 1. The van der Waals surface area contributed by atoms with E-state index in [1.54, 1.807) is 17.6 Å². The van der Waals surface area contributed by atoms with Crippen LogP contribution in [0, 0.1) is 5.82 Å². The third kappa shape index (κ3) is 3.12. The zero-order chi connectivity index (χ0) is 19.7. The molecule has 146 valence electrons. The number of aromatic nitrogens is 1. The zero-order valence-electron chi connectivity index (χ0n) is 15.5. The maximum Gasteiger partial charge on any atom is 0.357 e. The minimum absolute atomic E-state index is 0.000721. The van der Waals surface area contributed by atoms with Crippen LogP contribution in [0.15, 0.2) is 42.5 Å². The standard InChI is InChI=1S/C21H20ClFN2O3/c1-2-28-21(26)20-19(24-10-12-27-13-11-24)17-16(9-8-15(23)18(17)22)25(20)14-6-4-3-5-7-14/h3-9H,2,10-13H2,1H3. The van der Waals surface area contributed by atoms with Crippen LogP contribution in [0.2, 0.25) is 5.02 Å². The van der Waals surface area contributed by atoms with Crippen molar-refractivity contribution in [3.63, 3.8) is 0 Å². The summed E-state index contributed by atoms with van der Waals surface area (Å²) in [6.45, 7) is 4.19. The molecule has 1 aliphatic rings. The molecule has 0 bridgehead atoms.